The van der Waals surface area contributed by atoms with E-state index in [2.05, 4.69) is 0 Å². The van der Waals surface area contributed by atoms with Crippen molar-refractivity contribution in [3.63, 3.8) is 0 Å². The van der Waals surface area contributed by atoms with Crippen molar-refractivity contribution in [2.24, 2.45) is 0 Å². The van der Waals surface area contributed by atoms with Gasteiger partial charge in [-0.15, -0.1) is 0 Å². The Morgan fingerprint density at radius 2 is 1.36 bits per heavy atom. The molecule has 0 saturated heterocycles. The van der Waals surface area contributed by atoms with E-state index in [-0.39, 0.29) is 13.2 Å². The molecule has 0 aromatic heterocycles. The number of hydrogen-bond acceptors (Lipinski definition) is 4. The fraction of sp³-hybridized carbons (Fsp3) is 0.467. The van der Waals surface area contributed by atoms with Gasteiger partial charge >= 0.3 is 18.1 Å². The Labute approximate surface area is 126 Å². The minimum atomic E-state index is -4.71. The summed E-state index contributed by atoms with van der Waals surface area (Å²) < 4.78 is 49.1. The van der Waals surface area contributed by atoms with Gasteiger partial charge in [-0.3, -0.25) is 9.59 Å². The number of ether oxygens (including phenoxy) is 2. The molecule has 0 heterocycles. The minimum absolute atomic E-state index is 0.0674. The van der Waals surface area contributed by atoms with Crippen LogP contribution in [0.25, 0.3) is 0 Å². The van der Waals surface area contributed by atoms with Crippen LogP contribution in [0.4, 0.5) is 13.2 Å². The average Bonchev–Trinajstić information content (AvgIpc) is 2.46. The zero-order valence-electron chi connectivity index (χ0n) is 12.5. The molecule has 1 aromatic carbocycles. The molecule has 1 aromatic rings. The summed E-state index contributed by atoms with van der Waals surface area (Å²) in [4.78, 5) is 24.3. The number of rotatable bonds is 5. The second-order valence-electron chi connectivity index (χ2n) is 4.61. The molecule has 122 valence electrons. The lowest BCUT2D eigenvalue weighted by Crippen LogP contribution is -2.44. The molecule has 22 heavy (non-hydrogen) atoms. The lowest BCUT2D eigenvalue weighted by Gasteiger charge is -2.28. The van der Waals surface area contributed by atoms with Crippen molar-refractivity contribution in [3.05, 3.63) is 35.4 Å². The van der Waals surface area contributed by atoms with Crippen molar-refractivity contribution in [3.8, 4) is 0 Å². The summed E-state index contributed by atoms with van der Waals surface area (Å²) in [5.41, 5.74) is -3.74. The van der Waals surface area contributed by atoms with E-state index in [1.54, 1.807) is 0 Å². The van der Waals surface area contributed by atoms with Gasteiger partial charge in [-0.1, -0.05) is 18.2 Å². The fourth-order valence-corrected chi connectivity index (χ4v) is 2.02. The van der Waals surface area contributed by atoms with Crippen LogP contribution in [0.2, 0.25) is 0 Å². The van der Waals surface area contributed by atoms with Gasteiger partial charge in [0.05, 0.1) is 18.8 Å². The number of carbonyl (C=O) groups is 2. The average molecular weight is 318 g/mol. The summed E-state index contributed by atoms with van der Waals surface area (Å²) in [7, 11) is 0. The molecular formula is C15H17F3O4. The number of halogens is 3. The normalized spacial score (nSPS) is 11.9. The molecule has 0 aliphatic heterocycles. The van der Waals surface area contributed by atoms with Crippen LogP contribution in [-0.4, -0.2) is 25.2 Å². The maximum absolute atomic E-state index is 13.2. The molecule has 0 bridgehead atoms. The van der Waals surface area contributed by atoms with E-state index < -0.39 is 34.7 Å². The molecule has 0 spiro atoms. The smallest absolute Gasteiger partial charge is 0.416 e. The molecular weight excluding hydrogens is 301 g/mol. The number of carbonyl (C=O) groups excluding carboxylic acids is 2. The van der Waals surface area contributed by atoms with Crippen LogP contribution in [-0.2, 0) is 30.7 Å². The zero-order chi connectivity index (χ0) is 17.0. The highest BCUT2D eigenvalue weighted by Gasteiger charge is 2.50. The molecule has 0 aliphatic rings. The van der Waals surface area contributed by atoms with E-state index in [1.165, 1.54) is 26.0 Å². The molecule has 4 nitrogen and oxygen atoms in total. The molecule has 0 atom stereocenters. The van der Waals surface area contributed by atoms with Crippen LogP contribution in [0, 0.1) is 0 Å². The fourth-order valence-electron chi connectivity index (χ4n) is 2.02. The summed E-state index contributed by atoms with van der Waals surface area (Å²) in [6.45, 7) is 3.94. The molecule has 0 aliphatic carbocycles. The third-order valence-corrected chi connectivity index (χ3v) is 3.14. The van der Waals surface area contributed by atoms with E-state index in [9.17, 15) is 22.8 Å². The first-order chi connectivity index (χ1) is 10.2. The van der Waals surface area contributed by atoms with Crippen molar-refractivity contribution in [2.75, 3.05) is 13.2 Å². The van der Waals surface area contributed by atoms with Gasteiger partial charge in [-0.2, -0.15) is 13.2 Å². The van der Waals surface area contributed by atoms with E-state index in [4.69, 9.17) is 9.47 Å². The van der Waals surface area contributed by atoms with Crippen LogP contribution in [0.15, 0.2) is 24.3 Å². The Bertz CT molecular complexity index is 534. The Balaban J connectivity index is 3.53. The third kappa shape index (κ3) is 3.40. The van der Waals surface area contributed by atoms with Crippen LogP contribution in [0.3, 0.4) is 0 Å². The minimum Gasteiger partial charge on any atom is -0.465 e. The van der Waals surface area contributed by atoms with Gasteiger partial charge < -0.3 is 9.47 Å². The standard InChI is InChI=1S/C15H17F3O4/c1-4-21-12(19)14(3,13(20)22-5-2)10-8-6-7-9-11(10)15(16,17)18/h6-9H,4-5H2,1-3H3. The molecule has 0 fully saturated rings. The summed E-state index contributed by atoms with van der Waals surface area (Å²) >= 11 is 0. The highest BCUT2D eigenvalue weighted by molar-refractivity contribution is 6.06. The van der Waals surface area contributed by atoms with E-state index in [0.29, 0.717) is 0 Å². The van der Waals surface area contributed by atoms with Crippen molar-refractivity contribution < 1.29 is 32.2 Å². The molecule has 0 saturated carbocycles. The third-order valence-electron chi connectivity index (χ3n) is 3.14. The first-order valence-corrected chi connectivity index (χ1v) is 6.70. The highest BCUT2D eigenvalue weighted by atomic mass is 19.4. The Kier molecular flexibility index (Phi) is 5.57. The molecule has 0 N–H and O–H groups in total. The van der Waals surface area contributed by atoms with Gasteiger partial charge in [0.1, 0.15) is 0 Å². The Morgan fingerprint density at radius 3 is 1.73 bits per heavy atom. The van der Waals surface area contributed by atoms with Crippen LogP contribution >= 0.6 is 0 Å². The zero-order valence-corrected chi connectivity index (χ0v) is 12.5. The van der Waals surface area contributed by atoms with E-state index in [0.717, 1.165) is 19.1 Å². The van der Waals surface area contributed by atoms with Gasteiger partial charge in [-0.25, -0.2) is 0 Å². The maximum Gasteiger partial charge on any atom is 0.416 e. The number of hydrogen-bond donors (Lipinski definition) is 0. The van der Waals surface area contributed by atoms with Gasteiger partial charge in [0.2, 0.25) is 0 Å². The lowest BCUT2D eigenvalue weighted by molar-refractivity contribution is -0.164. The van der Waals surface area contributed by atoms with E-state index >= 15 is 0 Å². The SMILES string of the molecule is CCOC(=O)C(C)(C(=O)OCC)c1ccccc1C(F)(F)F. The topological polar surface area (TPSA) is 52.6 Å². The number of benzene rings is 1. The van der Waals surface area contributed by atoms with E-state index in [1.807, 2.05) is 0 Å². The largest absolute Gasteiger partial charge is 0.465 e. The summed E-state index contributed by atoms with van der Waals surface area (Å²) in [6, 6.07) is 4.40. The molecule has 0 amide bonds. The first-order valence-electron chi connectivity index (χ1n) is 6.70. The summed E-state index contributed by atoms with van der Waals surface area (Å²) in [5, 5.41) is 0. The van der Waals surface area contributed by atoms with Crippen LogP contribution < -0.4 is 0 Å². The molecule has 7 heteroatoms. The van der Waals surface area contributed by atoms with Crippen molar-refractivity contribution in [1.82, 2.24) is 0 Å². The second-order valence-corrected chi connectivity index (χ2v) is 4.61. The van der Waals surface area contributed by atoms with Crippen LogP contribution in [0.5, 0.6) is 0 Å². The molecule has 0 unspecified atom stereocenters. The Hall–Kier alpha value is -2.05. The summed E-state index contributed by atoms with van der Waals surface area (Å²) in [5.74, 6) is -2.16. The van der Waals surface area contributed by atoms with Crippen molar-refractivity contribution in [2.45, 2.75) is 32.4 Å². The predicted octanol–water partition coefficient (Wildman–Crippen LogP) is 3.09. The summed E-state index contributed by atoms with van der Waals surface area (Å²) in [6.07, 6.45) is -4.71. The first kappa shape index (κ1) is 18.0. The van der Waals surface area contributed by atoms with Crippen LogP contribution in [0.1, 0.15) is 31.9 Å². The Morgan fingerprint density at radius 1 is 0.955 bits per heavy atom. The number of alkyl halides is 3. The predicted molar refractivity (Wildman–Crippen MR) is 72.1 cm³/mol. The van der Waals surface area contributed by atoms with Gasteiger partial charge in [0.25, 0.3) is 0 Å². The monoisotopic (exact) mass is 318 g/mol. The molecule has 0 radical (unpaired) electrons. The number of esters is 2. The maximum atomic E-state index is 13.2. The molecule has 1 rings (SSSR count). The van der Waals surface area contributed by atoms with Gasteiger partial charge in [0.15, 0.2) is 5.41 Å². The van der Waals surface area contributed by atoms with Crippen molar-refractivity contribution in [1.29, 1.82) is 0 Å². The second kappa shape index (κ2) is 6.81. The van der Waals surface area contributed by atoms with Crippen molar-refractivity contribution >= 4 is 11.9 Å². The highest BCUT2D eigenvalue weighted by Crippen LogP contribution is 2.39. The van der Waals surface area contributed by atoms with Gasteiger partial charge in [-0.05, 0) is 32.4 Å². The lowest BCUT2D eigenvalue weighted by atomic mass is 9.79. The van der Waals surface area contributed by atoms with Gasteiger partial charge in [0, 0.05) is 0 Å². The quantitative estimate of drug-likeness (QED) is 0.618.